The Balaban J connectivity index is 1.73. The van der Waals surface area contributed by atoms with Crippen LogP contribution in [0.5, 0.6) is 0 Å². The summed E-state index contributed by atoms with van der Waals surface area (Å²) in [6.07, 6.45) is 6.17. The van der Waals surface area contributed by atoms with E-state index in [1.165, 1.54) is 0 Å². The lowest BCUT2D eigenvalue weighted by atomic mass is 9.96. The molecule has 1 aliphatic heterocycles. The van der Waals surface area contributed by atoms with E-state index in [4.69, 9.17) is 4.74 Å². The maximum absolute atomic E-state index is 11.4. The Hall–Kier alpha value is -1.36. The number of hydrogen-bond acceptors (Lipinski definition) is 4. The molecule has 1 aromatic heterocycles. The van der Waals surface area contributed by atoms with Crippen LogP contribution in [0.25, 0.3) is 0 Å². The number of ether oxygens (including phenoxy) is 1. The van der Waals surface area contributed by atoms with Crippen molar-refractivity contribution in [1.82, 2.24) is 14.5 Å². The molecule has 0 aromatic carbocycles. The van der Waals surface area contributed by atoms with Crippen LogP contribution >= 0.6 is 0 Å². The molecule has 1 aromatic rings. The summed E-state index contributed by atoms with van der Waals surface area (Å²) in [5.74, 6) is 1.66. The molecular weight excluding hydrogens is 242 g/mol. The van der Waals surface area contributed by atoms with Crippen molar-refractivity contribution >= 4 is 5.97 Å². The molecule has 1 aliphatic rings. The molecule has 0 bridgehead atoms. The summed E-state index contributed by atoms with van der Waals surface area (Å²) in [5, 5.41) is 0. The zero-order chi connectivity index (χ0) is 13.7. The Morgan fingerprint density at radius 2 is 2.21 bits per heavy atom. The molecule has 1 fully saturated rings. The van der Waals surface area contributed by atoms with Gasteiger partial charge in [-0.1, -0.05) is 0 Å². The third-order valence-electron chi connectivity index (χ3n) is 3.74. The Kier molecular flexibility index (Phi) is 4.96. The molecule has 0 atom stereocenters. The van der Waals surface area contributed by atoms with Gasteiger partial charge in [-0.15, -0.1) is 0 Å². The zero-order valence-electron chi connectivity index (χ0n) is 11.8. The number of likely N-dealkylation sites (tertiary alicyclic amines) is 1. The molecule has 0 amide bonds. The second kappa shape index (κ2) is 6.70. The first kappa shape index (κ1) is 14.1. The van der Waals surface area contributed by atoms with Crippen molar-refractivity contribution in [3.63, 3.8) is 0 Å². The van der Waals surface area contributed by atoms with E-state index in [9.17, 15) is 4.79 Å². The number of carbonyl (C=O) groups excluding carboxylic acids is 1. The van der Waals surface area contributed by atoms with E-state index >= 15 is 0 Å². The second-order valence-corrected chi connectivity index (χ2v) is 5.15. The van der Waals surface area contributed by atoms with E-state index in [0.717, 1.165) is 38.3 Å². The van der Waals surface area contributed by atoms with Gasteiger partial charge in [0.25, 0.3) is 0 Å². The standard InChI is InChI=1S/C14H23N3O2/c1-3-19-14(18)11-16-7-4-13(5-8-16)10-17-9-6-15-12(17)2/h6,9,13H,3-5,7-8,10-11H2,1-2H3. The molecule has 5 nitrogen and oxygen atoms in total. The Morgan fingerprint density at radius 3 is 2.79 bits per heavy atom. The van der Waals surface area contributed by atoms with E-state index in [2.05, 4.69) is 14.5 Å². The SMILES string of the molecule is CCOC(=O)CN1CCC(Cn2ccnc2C)CC1. The van der Waals surface area contributed by atoms with E-state index in [1.807, 2.05) is 26.2 Å². The molecule has 19 heavy (non-hydrogen) atoms. The zero-order valence-corrected chi connectivity index (χ0v) is 11.8. The van der Waals surface area contributed by atoms with Gasteiger partial charge >= 0.3 is 5.97 Å². The van der Waals surface area contributed by atoms with Crippen LogP contribution in [0.1, 0.15) is 25.6 Å². The molecule has 2 rings (SSSR count). The fourth-order valence-electron chi connectivity index (χ4n) is 2.59. The van der Waals surface area contributed by atoms with Crippen molar-refractivity contribution in [2.24, 2.45) is 5.92 Å². The highest BCUT2D eigenvalue weighted by Crippen LogP contribution is 2.19. The number of imidazole rings is 1. The van der Waals surface area contributed by atoms with Crippen molar-refractivity contribution in [2.45, 2.75) is 33.2 Å². The Labute approximate surface area is 114 Å². The van der Waals surface area contributed by atoms with Crippen molar-refractivity contribution in [1.29, 1.82) is 0 Å². The van der Waals surface area contributed by atoms with Gasteiger partial charge in [-0.05, 0) is 45.7 Å². The van der Waals surface area contributed by atoms with Gasteiger partial charge in [-0.3, -0.25) is 9.69 Å². The minimum Gasteiger partial charge on any atom is -0.465 e. The van der Waals surface area contributed by atoms with Gasteiger partial charge in [-0.25, -0.2) is 4.98 Å². The topological polar surface area (TPSA) is 47.4 Å². The lowest BCUT2D eigenvalue weighted by molar-refractivity contribution is -0.144. The monoisotopic (exact) mass is 265 g/mol. The molecule has 1 saturated heterocycles. The highest BCUT2D eigenvalue weighted by Gasteiger charge is 2.21. The van der Waals surface area contributed by atoms with Crippen LogP contribution in [0.3, 0.4) is 0 Å². The smallest absolute Gasteiger partial charge is 0.320 e. The van der Waals surface area contributed by atoms with Crippen molar-refractivity contribution in [3.05, 3.63) is 18.2 Å². The van der Waals surface area contributed by atoms with Crippen LogP contribution in [0.15, 0.2) is 12.4 Å². The Morgan fingerprint density at radius 1 is 1.47 bits per heavy atom. The quantitative estimate of drug-likeness (QED) is 0.756. The van der Waals surface area contributed by atoms with Crippen LogP contribution in [0.4, 0.5) is 0 Å². The average molecular weight is 265 g/mol. The number of aromatic nitrogens is 2. The number of carbonyl (C=O) groups is 1. The van der Waals surface area contributed by atoms with Gasteiger partial charge in [0, 0.05) is 18.9 Å². The van der Waals surface area contributed by atoms with E-state index in [1.54, 1.807) is 0 Å². The third-order valence-corrected chi connectivity index (χ3v) is 3.74. The Bertz CT molecular complexity index is 409. The molecular formula is C14H23N3O2. The summed E-state index contributed by atoms with van der Waals surface area (Å²) in [5.41, 5.74) is 0. The normalized spacial score (nSPS) is 17.6. The molecule has 0 N–H and O–H groups in total. The molecule has 0 spiro atoms. The van der Waals surface area contributed by atoms with Gasteiger partial charge in [0.15, 0.2) is 0 Å². The highest BCUT2D eigenvalue weighted by atomic mass is 16.5. The first-order valence-electron chi connectivity index (χ1n) is 7.04. The first-order chi connectivity index (χ1) is 9.19. The van der Waals surface area contributed by atoms with Crippen LogP contribution in [0, 0.1) is 12.8 Å². The highest BCUT2D eigenvalue weighted by molar-refractivity contribution is 5.71. The van der Waals surface area contributed by atoms with Gasteiger partial charge in [0.1, 0.15) is 5.82 Å². The number of nitrogens with zero attached hydrogens (tertiary/aromatic N) is 3. The third kappa shape index (κ3) is 4.06. The maximum Gasteiger partial charge on any atom is 0.320 e. The van der Waals surface area contributed by atoms with Crippen molar-refractivity contribution < 1.29 is 9.53 Å². The van der Waals surface area contributed by atoms with Crippen LogP contribution in [0.2, 0.25) is 0 Å². The molecule has 106 valence electrons. The van der Waals surface area contributed by atoms with Gasteiger partial charge in [0.2, 0.25) is 0 Å². The lowest BCUT2D eigenvalue weighted by Crippen LogP contribution is -2.38. The van der Waals surface area contributed by atoms with Crippen LogP contribution in [-0.4, -0.2) is 46.7 Å². The summed E-state index contributed by atoms with van der Waals surface area (Å²) in [4.78, 5) is 17.9. The predicted octanol–water partition coefficient (Wildman–Crippen LogP) is 1.47. The summed E-state index contributed by atoms with van der Waals surface area (Å²) in [7, 11) is 0. The number of rotatable bonds is 5. The molecule has 0 aliphatic carbocycles. The number of hydrogen-bond donors (Lipinski definition) is 0. The van der Waals surface area contributed by atoms with E-state index in [-0.39, 0.29) is 5.97 Å². The second-order valence-electron chi connectivity index (χ2n) is 5.15. The average Bonchev–Trinajstić information content (AvgIpc) is 2.78. The minimum atomic E-state index is -0.105. The fourth-order valence-corrected chi connectivity index (χ4v) is 2.59. The predicted molar refractivity (Wildman–Crippen MR) is 72.8 cm³/mol. The summed E-state index contributed by atoms with van der Waals surface area (Å²) in [6.45, 7) is 7.79. The van der Waals surface area contributed by atoms with Crippen molar-refractivity contribution in [3.8, 4) is 0 Å². The van der Waals surface area contributed by atoms with E-state index < -0.39 is 0 Å². The summed E-state index contributed by atoms with van der Waals surface area (Å²) < 4.78 is 7.19. The van der Waals surface area contributed by atoms with Gasteiger partial charge < -0.3 is 9.30 Å². The molecule has 0 radical (unpaired) electrons. The fraction of sp³-hybridized carbons (Fsp3) is 0.714. The molecule has 0 unspecified atom stereocenters. The van der Waals surface area contributed by atoms with E-state index in [0.29, 0.717) is 19.1 Å². The minimum absolute atomic E-state index is 0.105. The molecule has 2 heterocycles. The van der Waals surface area contributed by atoms with Gasteiger partial charge in [0.05, 0.1) is 13.2 Å². The van der Waals surface area contributed by atoms with Crippen LogP contribution < -0.4 is 0 Å². The largest absolute Gasteiger partial charge is 0.465 e. The van der Waals surface area contributed by atoms with Crippen molar-refractivity contribution in [2.75, 3.05) is 26.2 Å². The number of piperidine rings is 1. The lowest BCUT2D eigenvalue weighted by Gasteiger charge is -2.31. The summed E-state index contributed by atoms with van der Waals surface area (Å²) in [6, 6.07) is 0. The maximum atomic E-state index is 11.4. The number of esters is 1. The van der Waals surface area contributed by atoms with Gasteiger partial charge in [-0.2, -0.15) is 0 Å². The first-order valence-corrected chi connectivity index (χ1v) is 7.04. The summed E-state index contributed by atoms with van der Waals surface area (Å²) >= 11 is 0. The molecule has 0 saturated carbocycles. The van der Waals surface area contributed by atoms with Crippen LogP contribution in [-0.2, 0) is 16.1 Å². The molecule has 5 heteroatoms. The number of aryl methyl sites for hydroxylation is 1.